The number of nitrogens with zero attached hydrogens (tertiary/aromatic N) is 1. The van der Waals surface area contributed by atoms with Gasteiger partial charge in [0.25, 0.3) is 0 Å². The van der Waals surface area contributed by atoms with Gasteiger partial charge >= 0.3 is 0 Å². The summed E-state index contributed by atoms with van der Waals surface area (Å²) in [5.74, 6) is 1.09. The highest BCUT2D eigenvalue weighted by atomic mass is 16.5. The third-order valence-corrected chi connectivity index (χ3v) is 3.93. The number of fused-ring (bicyclic) bond motifs is 1. The van der Waals surface area contributed by atoms with E-state index in [1.54, 1.807) is 7.11 Å². The normalized spacial score (nSPS) is 16.9. The molecule has 0 aliphatic heterocycles. The fourth-order valence-electron chi connectivity index (χ4n) is 2.93. The molecule has 0 spiro atoms. The van der Waals surface area contributed by atoms with Crippen molar-refractivity contribution in [2.75, 3.05) is 7.11 Å². The predicted molar refractivity (Wildman–Crippen MR) is 78.8 cm³/mol. The van der Waals surface area contributed by atoms with Gasteiger partial charge in [0.15, 0.2) is 5.78 Å². The molecule has 0 N–H and O–H groups in total. The minimum absolute atomic E-state index is 0.0344. The fourth-order valence-corrected chi connectivity index (χ4v) is 2.93. The Kier molecular flexibility index (Phi) is 2.93. The molecule has 20 heavy (non-hydrogen) atoms. The molecule has 1 aromatic heterocycles. The summed E-state index contributed by atoms with van der Waals surface area (Å²) in [7, 11) is 1.66. The van der Waals surface area contributed by atoms with E-state index in [2.05, 4.69) is 18.4 Å². The Bertz CT molecular complexity index is 650. The zero-order valence-corrected chi connectivity index (χ0v) is 12.1. The quantitative estimate of drug-likeness (QED) is 0.833. The maximum absolute atomic E-state index is 12.2. The van der Waals surface area contributed by atoms with Crippen molar-refractivity contribution in [2.24, 2.45) is 5.41 Å². The first kappa shape index (κ1) is 13.0. The van der Waals surface area contributed by atoms with Crippen LogP contribution < -0.4 is 4.74 Å². The molecule has 3 rings (SSSR count). The van der Waals surface area contributed by atoms with Gasteiger partial charge in [0.2, 0.25) is 0 Å². The number of carbonyl (C=O) groups is 1. The lowest BCUT2D eigenvalue weighted by Gasteiger charge is -2.29. The van der Waals surface area contributed by atoms with Gasteiger partial charge in [-0.05, 0) is 42.2 Å². The second-order valence-electron chi connectivity index (χ2n) is 6.19. The van der Waals surface area contributed by atoms with E-state index in [1.807, 2.05) is 36.5 Å². The molecule has 2 aromatic rings. The second kappa shape index (κ2) is 4.51. The Morgan fingerprint density at radius 2 is 1.80 bits per heavy atom. The van der Waals surface area contributed by atoms with E-state index in [0.29, 0.717) is 6.42 Å². The van der Waals surface area contributed by atoms with Crippen LogP contribution in [-0.2, 0) is 6.42 Å². The highest BCUT2D eigenvalue weighted by Gasteiger charge is 2.33. The molecule has 0 saturated carbocycles. The first-order valence-corrected chi connectivity index (χ1v) is 6.88. The van der Waals surface area contributed by atoms with Crippen LogP contribution in [0, 0.1) is 5.41 Å². The van der Waals surface area contributed by atoms with Crippen molar-refractivity contribution in [1.29, 1.82) is 0 Å². The van der Waals surface area contributed by atoms with Gasteiger partial charge in [0.05, 0.1) is 7.11 Å². The average molecular weight is 269 g/mol. The summed E-state index contributed by atoms with van der Waals surface area (Å²) in [6, 6.07) is 9.86. The molecule has 104 valence electrons. The maximum atomic E-state index is 12.2. The molecule has 0 unspecified atom stereocenters. The van der Waals surface area contributed by atoms with Gasteiger partial charge in [0, 0.05) is 29.6 Å². The summed E-state index contributed by atoms with van der Waals surface area (Å²) in [4.78, 5) is 12.2. The molecule has 3 nitrogen and oxygen atoms in total. The van der Waals surface area contributed by atoms with Crippen LogP contribution in [0.4, 0.5) is 0 Å². The number of benzene rings is 1. The maximum Gasteiger partial charge on any atom is 0.165 e. The third kappa shape index (κ3) is 2.13. The van der Waals surface area contributed by atoms with Gasteiger partial charge in [-0.2, -0.15) is 0 Å². The topological polar surface area (TPSA) is 31.2 Å². The monoisotopic (exact) mass is 269 g/mol. The number of hydrogen-bond donors (Lipinski definition) is 0. The minimum atomic E-state index is 0.0344. The van der Waals surface area contributed by atoms with E-state index in [9.17, 15) is 4.79 Å². The number of methoxy groups -OCH3 is 1. The fraction of sp³-hybridized carbons (Fsp3) is 0.353. The Morgan fingerprint density at radius 1 is 1.10 bits per heavy atom. The van der Waals surface area contributed by atoms with Gasteiger partial charge in [-0.15, -0.1) is 0 Å². The van der Waals surface area contributed by atoms with Crippen LogP contribution >= 0.6 is 0 Å². The van der Waals surface area contributed by atoms with E-state index in [1.165, 1.54) is 0 Å². The molecule has 0 atom stereocenters. The molecule has 0 fully saturated rings. The van der Waals surface area contributed by atoms with Crippen molar-refractivity contribution in [1.82, 2.24) is 4.57 Å². The molecule has 1 aliphatic carbocycles. The average Bonchev–Trinajstić information content (AvgIpc) is 2.81. The van der Waals surface area contributed by atoms with Crippen LogP contribution in [0.25, 0.3) is 5.69 Å². The summed E-state index contributed by atoms with van der Waals surface area (Å²) in [5, 5.41) is 0. The molecular formula is C17H19NO2. The lowest BCUT2D eigenvalue weighted by molar-refractivity contribution is 0.0911. The predicted octanol–water partition coefficient (Wildman–Crippen LogP) is 3.64. The lowest BCUT2D eigenvalue weighted by atomic mass is 9.76. The summed E-state index contributed by atoms with van der Waals surface area (Å²) in [5.41, 5.74) is 3.10. The summed E-state index contributed by atoms with van der Waals surface area (Å²) >= 11 is 0. The van der Waals surface area contributed by atoms with Crippen LogP contribution in [0.1, 0.15) is 36.3 Å². The van der Waals surface area contributed by atoms with Crippen molar-refractivity contribution in [3.8, 4) is 11.4 Å². The van der Waals surface area contributed by atoms with E-state index in [0.717, 1.165) is 29.1 Å². The van der Waals surface area contributed by atoms with Crippen molar-refractivity contribution >= 4 is 5.78 Å². The molecule has 3 heteroatoms. The largest absolute Gasteiger partial charge is 0.497 e. The summed E-state index contributed by atoms with van der Waals surface area (Å²) in [6.45, 7) is 4.30. The van der Waals surface area contributed by atoms with Gasteiger partial charge in [0.1, 0.15) is 5.75 Å². The van der Waals surface area contributed by atoms with Gasteiger partial charge < -0.3 is 9.30 Å². The van der Waals surface area contributed by atoms with Crippen LogP contribution in [0.3, 0.4) is 0 Å². The molecule has 1 heterocycles. The van der Waals surface area contributed by atoms with E-state index < -0.39 is 0 Å². The van der Waals surface area contributed by atoms with Crippen LogP contribution in [0.5, 0.6) is 5.75 Å². The summed E-state index contributed by atoms with van der Waals surface area (Å²) in [6.07, 6.45) is 3.55. The Morgan fingerprint density at radius 3 is 2.45 bits per heavy atom. The summed E-state index contributed by atoms with van der Waals surface area (Å²) < 4.78 is 7.30. The molecule has 0 radical (unpaired) electrons. The highest BCUT2D eigenvalue weighted by molar-refractivity contribution is 5.99. The number of hydrogen-bond acceptors (Lipinski definition) is 2. The van der Waals surface area contributed by atoms with Gasteiger partial charge in [-0.1, -0.05) is 13.8 Å². The number of ether oxygens (including phenoxy) is 1. The Labute approximate surface area is 119 Å². The lowest BCUT2D eigenvalue weighted by Crippen LogP contribution is -2.27. The van der Waals surface area contributed by atoms with Crippen LogP contribution in [0.2, 0.25) is 0 Å². The smallest absolute Gasteiger partial charge is 0.165 e. The van der Waals surface area contributed by atoms with Gasteiger partial charge in [-0.3, -0.25) is 4.79 Å². The molecule has 0 amide bonds. The molecule has 1 aliphatic rings. The minimum Gasteiger partial charge on any atom is -0.497 e. The molecular weight excluding hydrogens is 250 g/mol. The number of ketones is 1. The van der Waals surface area contributed by atoms with Crippen molar-refractivity contribution in [3.05, 3.63) is 47.8 Å². The molecule has 1 aromatic carbocycles. The second-order valence-corrected chi connectivity index (χ2v) is 6.19. The molecule has 0 bridgehead atoms. The third-order valence-electron chi connectivity index (χ3n) is 3.93. The standard InChI is InChI=1S/C17H19NO2/c1-17(2)10-15-14(16(19)11-17)8-9-18(15)12-4-6-13(20-3)7-5-12/h4-9H,10-11H2,1-3H3. The number of carbonyl (C=O) groups excluding carboxylic acids is 1. The number of aromatic nitrogens is 1. The van der Waals surface area contributed by atoms with Crippen molar-refractivity contribution < 1.29 is 9.53 Å². The van der Waals surface area contributed by atoms with E-state index in [4.69, 9.17) is 4.74 Å². The SMILES string of the molecule is COc1ccc(-n2ccc3c2CC(C)(C)CC3=O)cc1. The van der Waals surface area contributed by atoms with Crippen LogP contribution in [0.15, 0.2) is 36.5 Å². The first-order valence-electron chi connectivity index (χ1n) is 6.88. The molecule has 0 saturated heterocycles. The van der Waals surface area contributed by atoms with Crippen molar-refractivity contribution in [3.63, 3.8) is 0 Å². The van der Waals surface area contributed by atoms with E-state index in [-0.39, 0.29) is 11.2 Å². The zero-order chi connectivity index (χ0) is 14.3. The highest BCUT2D eigenvalue weighted by Crippen LogP contribution is 2.36. The van der Waals surface area contributed by atoms with Crippen LogP contribution in [-0.4, -0.2) is 17.5 Å². The first-order chi connectivity index (χ1) is 9.50. The Hall–Kier alpha value is -2.03. The van der Waals surface area contributed by atoms with E-state index >= 15 is 0 Å². The van der Waals surface area contributed by atoms with Crippen molar-refractivity contribution in [2.45, 2.75) is 26.7 Å². The Balaban J connectivity index is 2.05. The van der Waals surface area contributed by atoms with Gasteiger partial charge in [-0.25, -0.2) is 0 Å². The number of Topliss-reactive ketones (excluding diaryl/α,β-unsaturated/α-hetero) is 1. The number of rotatable bonds is 2. The zero-order valence-electron chi connectivity index (χ0n) is 12.1.